The van der Waals surface area contributed by atoms with Crippen LogP contribution in [0.3, 0.4) is 0 Å². The van der Waals surface area contributed by atoms with Crippen molar-refractivity contribution < 1.29 is 9.84 Å². The summed E-state index contributed by atoms with van der Waals surface area (Å²) in [5.41, 5.74) is 0.726. The van der Waals surface area contributed by atoms with Gasteiger partial charge in [-0.2, -0.15) is 5.10 Å². The molecule has 0 amide bonds. The number of ether oxygens (including phenoxy) is 1. The molecule has 0 saturated carbocycles. The van der Waals surface area contributed by atoms with Gasteiger partial charge in [-0.15, -0.1) is 0 Å². The van der Waals surface area contributed by atoms with Crippen LogP contribution in [0, 0.1) is 0 Å². The summed E-state index contributed by atoms with van der Waals surface area (Å²) in [7, 11) is 3.34. The van der Waals surface area contributed by atoms with Crippen LogP contribution in [0.25, 0.3) is 0 Å². The Morgan fingerprint density at radius 1 is 1.50 bits per heavy atom. The Kier molecular flexibility index (Phi) is 3.84. The number of nitrogens with zero attached hydrogens (tertiary/aromatic N) is 3. The highest BCUT2D eigenvalue weighted by molar-refractivity contribution is 6.32. The molecule has 1 N–H and O–H groups in total. The molecule has 2 aromatic rings. The lowest BCUT2D eigenvalue weighted by Gasteiger charge is -2.12. The number of hydrogen-bond donors (Lipinski definition) is 1. The summed E-state index contributed by atoms with van der Waals surface area (Å²) in [5.74, 6) is 1.31. The summed E-state index contributed by atoms with van der Waals surface area (Å²) in [6.07, 6.45) is 1.18. The number of benzene rings is 1. The Morgan fingerprint density at radius 2 is 2.28 bits per heavy atom. The van der Waals surface area contributed by atoms with Gasteiger partial charge in [0.15, 0.2) is 0 Å². The maximum atomic E-state index is 10.1. The second-order valence-electron chi connectivity index (χ2n) is 3.91. The van der Waals surface area contributed by atoms with E-state index in [1.54, 1.807) is 37.0 Å². The van der Waals surface area contributed by atoms with Crippen LogP contribution in [0.2, 0.25) is 5.02 Å². The van der Waals surface area contributed by atoms with E-state index in [9.17, 15) is 5.11 Å². The van der Waals surface area contributed by atoms with E-state index in [2.05, 4.69) is 10.1 Å². The van der Waals surface area contributed by atoms with Crippen LogP contribution >= 0.6 is 11.6 Å². The third-order valence-electron chi connectivity index (χ3n) is 2.74. The lowest BCUT2D eigenvalue weighted by Crippen LogP contribution is -2.07. The summed E-state index contributed by atoms with van der Waals surface area (Å²) in [5, 5.41) is 14.6. The molecule has 0 bridgehead atoms. The van der Waals surface area contributed by atoms with Crippen molar-refractivity contribution >= 4 is 11.6 Å². The van der Waals surface area contributed by atoms with E-state index in [1.165, 1.54) is 6.33 Å². The number of methoxy groups -OCH3 is 1. The molecule has 0 aliphatic rings. The normalized spacial score (nSPS) is 12.4. The molecule has 0 spiro atoms. The number of aromatic nitrogens is 3. The van der Waals surface area contributed by atoms with Gasteiger partial charge >= 0.3 is 0 Å². The average Bonchev–Trinajstić information content (AvgIpc) is 2.75. The van der Waals surface area contributed by atoms with Gasteiger partial charge in [0.05, 0.1) is 18.2 Å². The number of rotatable bonds is 4. The molecule has 5 nitrogen and oxygen atoms in total. The van der Waals surface area contributed by atoms with Crippen molar-refractivity contribution in [2.24, 2.45) is 7.05 Å². The lowest BCUT2D eigenvalue weighted by atomic mass is 10.1. The van der Waals surface area contributed by atoms with E-state index in [-0.39, 0.29) is 0 Å². The fraction of sp³-hybridized carbons (Fsp3) is 0.333. The van der Waals surface area contributed by atoms with Crippen molar-refractivity contribution in [2.45, 2.75) is 12.5 Å². The predicted molar refractivity (Wildman–Crippen MR) is 67.7 cm³/mol. The quantitative estimate of drug-likeness (QED) is 0.917. The Labute approximate surface area is 110 Å². The highest BCUT2D eigenvalue weighted by atomic mass is 35.5. The zero-order chi connectivity index (χ0) is 13.1. The first-order chi connectivity index (χ1) is 8.61. The topological polar surface area (TPSA) is 60.2 Å². The molecule has 18 heavy (non-hydrogen) atoms. The van der Waals surface area contributed by atoms with Gasteiger partial charge in [0.1, 0.15) is 17.9 Å². The van der Waals surface area contributed by atoms with Gasteiger partial charge in [-0.05, 0) is 17.7 Å². The molecular weight excluding hydrogens is 254 g/mol. The van der Waals surface area contributed by atoms with Crippen molar-refractivity contribution in [3.05, 3.63) is 40.9 Å². The van der Waals surface area contributed by atoms with Gasteiger partial charge in [-0.25, -0.2) is 4.98 Å². The van der Waals surface area contributed by atoms with Crippen LogP contribution in [0.1, 0.15) is 17.5 Å². The maximum absolute atomic E-state index is 10.1. The van der Waals surface area contributed by atoms with E-state index in [4.69, 9.17) is 16.3 Å². The van der Waals surface area contributed by atoms with Gasteiger partial charge in [-0.3, -0.25) is 4.68 Å². The van der Waals surface area contributed by atoms with Gasteiger partial charge < -0.3 is 9.84 Å². The first-order valence-corrected chi connectivity index (χ1v) is 5.84. The standard InChI is InChI=1S/C12H14ClN3O2/c1-16-12(14-7-15-16)6-10(17)8-3-4-11(18-2)9(13)5-8/h3-5,7,10,17H,6H2,1-2H3. The van der Waals surface area contributed by atoms with E-state index < -0.39 is 6.10 Å². The third kappa shape index (κ3) is 2.63. The van der Waals surface area contributed by atoms with Crippen LogP contribution in [-0.2, 0) is 13.5 Å². The Hall–Kier alpha value is -1.59. The van der Waals surface area contributed by atoms with Crippen molar-refractivity contribution in [3.63, 3.8) is 0 Å². The maximum Gasteiger partial charge on any atom is 0.138 e. The van der Waals surface area contributed by atoms with Crippen molar-refractivity contribution in [1.82, 2.24) is 14.8 Å². The van der Waals surface area contributed by atoms with Crippen molar-refractivity contribution in [1.29, 1.82) is 0 Å². The predicted octanol–water partition coefficient (Wildman–Crippen LogP) is 1.75. The molecule has 0 radical (unpaired) electrons. The summed E-state index contributed by atoms with van der Waals surface area (Å²) >= 11 is 6.02. The van der Waals surface area contributed by atoms with Gasteiger partial charge in [0.2, 0.25) is 0 Å². The Bertz CT molecular complexity index is 542. The number of hydrogen-bond acceptors (Lipinski definition) is 4. The Morgan fingerprint density at radius 3 is 2.83 bits per heavy atom. The van der Waals surface area contributed by atoms with Crippen LogP contribution in [0.15, 0.2) is 24.5 Å². The fourth-order valence-electron chi connectivity index (χ4n) is 1.69. The molecule has 96 valence electrons. The minimum absolute atomic E-state index is 0.388. The zero-order valence-electron chi connectivity index (χ0n) is 10.2. The van der Waals surface area contributed by atoms with Crippen LogP contribution in [-0.4, -0.2) is 27.0 Å². The number of aryl methyl sites for hydroxylation is 1. The van der Waals surface area contributed by atoms with Crippen LogP contribution in [0.5, 0.6) is 5.75 Å². The number of aliphatic hydroxyl groups excluding tert-OH is 1. The molecule has 2 rings (SSSR count). The molecule has 0 aliphatic carbocycles. The van der Waals surface area contributed by atoms with Crippen molar-refractivity contribution in [2.75, 3.05) is 7.11 Å². The molecule has 6 heteroatoms. The highest BCUT2D eigenvalue weighted by Crippen LogP contribution is 2.28. The van der Waals surface area contributed by atoms with E-state index in [0.29, 0.717) is 17.2 Å². The molecule has 0 aliphatic heterocycles. The molecule has 1 unspecified atom stereocenters. The fourth-order valence-corrected chi connectivity index (χ4v) is 1.95. The lowest BCUT2D eigenvalue weighted by molar-refractivity contribution is 0.174. The second-order valence-corrected chi connectivity index (χ2v) is 4.32. The van der Waals surface area contributed by atoms with E-state index >= 15 is 0 Å². The molecule has 1 atom stereocenters. The van der Waals surface area contributed by atoms with Crippen molar-refractivity contribution in [3.8, 4) is 5.75 Å². The van der Waals surface area contributed by atoms with Crippen LogP contribution < -0.4 is 4.74 Å². The summed E-state index contributed by atoms with van der Waals surface area (Å²) in [4.78, 5) is 4.07. The Balaban J connectivity index is 2.16. The highest BCUT2D eigenvalue weighted by Gasteiger charge is 2.13. The summed E-state index contributed by atoms with van der Waals surface area (Å²) in [6.45, 7) is 0. The van der Waals surface area contributed by atoms with E-state index in [1.807, 2.05) is 0 Å². The molecule has 1 aromatic heterocycles. The zero-order valence-corrected chi connectivity index (χ0v) is 10.9. The van der Waals surface area contributed by atoms with Gasteiger partial charge in [0.25, 0.3) is 0 Å². The molecule has 1 aromatic carbocycles. The number of halogens is 1. The minimum Gasteiger partial charge on any atom is -0.495 e. The van der Waals surface area contributed by atoms with Gasteiger partial charge in [-0.1, -0.05) is 17.7 Å². The smallest absolute Gasteiger partial charge is 0.138 e. The first-order valence-electron chi connectivity index (χ1n) is 5.46. The molecule has 0 fully saturated rings. The third-order valence-corrected chi connectivity index (χ3v) is 3.04. The van der Waals surface area contributed by atoms with Gasteiger partial charge in [0, 0.05) is 13.5 Å². The summed E-state index contributed by atoms with van der Waals surface area (Å²) in [6, 6.07) is 5.21. The molecule has 1 heterocycles. The SMILES string of the molecule is COc1ccc(C(O)Cc2ncnn2C)cc1Cl. The minimum atomic E-state index is -0.670. The second kappa shape index (κ2) is 5.37. The van der Waals surface area contributed by atoms with Crippen LogP contribution in [0.4, 0.5) is 0 Å². The largest absolute Gasteiger partial charge is 0.495 e. The molecule has 0 saturated heterocycles. The number of aliphatic hydroxyl groups is 1. The summed E-state index contributed by atoms with van der Waals surface area (Å²) < 4.78 is 6.70. The first kappa shape index (κ1) is 12.9. The molecular formula is C12H14ClN3O2. The average molecular weight is 268 g/mol. The van der Waals surface area contributed by atoms with E-state index in [0.717, 1.165) is 11.4 Å². The monoisotopic (exact) mass is 267 g/mol.